The van der Waals surface area contributed by atoms with Crippen LogP contribution in [-0.2, 0) is 22.5 Å². The zero-order chi connectivity index (χ0) is 18.4. The van der Waals surface area contributed by atoms with Gasteiger partial charge >= 0.3 is 0 Å². The third-order valence-electron chi connectivity index (χ3n) is 4.70. The molecular formula is C21H25NO4. The molecule has 0 spiro atoms. The number of aliphatic hydroxyl groups excluding tert-OH is 1. The second kappa shape index (κ2) is 8.45. The molecule has 1 saturated heterocycles. The van der Waals surface area contributed by atoms with Crippen molar-refractivity contribution in [3.05, 3.63) is 71.3 Å². The largest absolute Gasteiger partial charge is 0.393 e. The highest BCUT2D eigenvalue weighted by Gasteiger charge is 2.38. The summed E-state index contributed by atoms with van der Waals surface area (Å²) in [6.45, 7) is 1.71. The molecule has 138 valence electrons. The molecule has 0 aliphatic carbocycles. The van der Waals surface area contributed by atoms with Gasteiger partial charge in [-0.25, -0.2) is 0 Å². The summed E-state index contributed by atoms with van der Waals surface area (Å²) in [7, 11) is 1.65. The summed E-state index contributed by atoms with van der Waals surface area (Å²) in [6, 6.07) is 17.4. The Morgan fingerprint density at radius 2 is 1.88 bits per heavy atom. The van der Waals surface area contributed by atoms with E-state index in [0.717, 1.165) is 11.1 Å². The van der Waals surface area contributed by atoms with Gasteiger partial charge in [0.2, 0.25) is 0 Å². The van der Waals surface area contributed by atoms with Crippen molar-refractivity contribution in [2.45, 2.75) is 18.6 Å². The first kappa shape index (κ1) is 18.6. The third kappa shape index (κ3) is 4.30. The van der Waals surface area contributed by atoms with Gasteiger partial charge in [0.05, 0.1) is 26.4 Å². The van der Waals surface area contributed by atoms with E-state index in [1.54, 1.807) is 12.0 Å². The molecular weight excluding hydrogens is 330 g/mol. The summed E-state index contributed by atoms with van der Waals surface area (Å²) < 4.78 is 11.0. The van der Waals surface area contributed by atoms with Crippen molar-refractivity contribution in [3.8, 4) is 0 Å². The Bertz CT molecular complexity index is 717. The van der Waals surface area contributed by atoms with Crippen LogP contribution in [0.5, 0.6) is 0 Å². The number of carbonyl (C=O) groups excluding carboxylic acids is 1. The standard InChI is InChI=1S/C21H25NO4/c1-25-14-18-7-9-19(10-8-18)20(24)22-11-12-26-21(15-22,16-23)13-17-5-3-2-4-6-17/h2-10,23H,11-16H2,1H3. The zero-order valence-corrected chi connectivity index (χ0v) is 15.1. The first-order valence-electron chi connectivity index (χ1n) is 8.82. The molecule has 1 N–H and O–H groups in total. The van der Waals surface area contributed by atoms with Crippen LogP contribution in [0, 0.1) is 0 Å². The molecule has 0 aromatic heterocycles. The van der Waals surface area contributed by atoms with Crippen LogP contribution < -0.4 is 0 Å². The number of ether oxygens (including phenoxy) is 2. The molecule has 1 heterocycles. The average molecular weight is 355 g/mol. The summed E-state index contributed by atoms with van der Waals surface area (Å²) >= 11 is 0. The van der Waals surface area contributed by atoms with Crippen LogP contribution in [0.4, 0.5) is 0 Å². The zero-order valence-electron chi connectivity index (χ0n) is 15.1. The lowest BCUT2D eigenvalue weighted by molar-refractivity contribution is -0.123. The van der Waals surface area contributed by atoms with Crippen LogP contribution in [0.3, 0.4) is 0 Å². The van der Waals surface area contributed by atoms with E-state index in [-0.39, 0.29) is 12.5 Å². The topological polar surface area (TPSA) is 59.0 Å². The summed E-state index contributed by atoms with van der Waals surface area (Å²) in [4.78, 5) is 14.7. The van der Waals surface area contributed by atoms with E-state index in [1.807, 2.05) is 54.6 Å². The van der Waals surface area contributed by atoms with E-state index in [2.05, 4.69) is 0 Å². The smallest absolute Gasteiger partial charge is 0.254 e. The molecule has 1 unspecified atom stereocenters. The lowest BCUT2D eigenvalue weighted by Gasteiger charge is -2.42. The van der Waals surface area contributed by atoms with Crippen molar-refractivity contribution in [1.82, 2.24) is 4.90 Å². The molecule has 1 atom stereocenters. The third-order valence-corrected chi connectivity index (χ3v) is 4.70. The number of hydrogen-bond acceptors (Lipinski definition) is 4. The van der Waals surface area contributed by atoms with Crippen LogP contribution in [0.15, 0.2) is 54.6 Å². The van der Waals surface area contributed by atoms with Gasteiger partial charge in [-0.15, -0.1) is 0 Å². The first-order chi connectivity index (χ1) is 12.7. The van der Waals surface area contributed by atoms with E-state index < -0.39 is 5.60 Å². The highest BCUT2D eigenvalue weighted by Crippen LogP contribution is 2.24. The van der Waals surface area contributed by atoms with E-state index in [4.69, 9.17) is 9.47 Å². The second-order valence-electron chi connectivity index (χ2n) is 6.71. The maximum atomic E-state index is 12.9. The summed E-state index contributed by atoms with van der Waals surface area (Å²) in [5.74, 6) is -0.0387. The fourth-order valence-corrected chi connectivity index (χ4v) is 3.34. The fraction of sp³-hybridized carbons (Fsp3) is 0.381. The van der Waals surface area contributed by atoms with Crippen molar-refractivity contribution < 1.29 is 19.4 Å². The molecule has 1 aliphatic rings. The van der Waals surface area contributed by atoms with Crippen LogP contribution in [0.25, 0.3) is 0 Å². The molecule has 3 rings (SSSR count). The van der Waals surface area contributed by atoms with Crippen LogP contribution in [-0.4, -0.2) is 54.9 Å². The van der Waals surface area contributed by atoms with E-state index >= 15 is 0 Å². The number of carbonyl (C=O) groups is 1. The molecule has 0 saturated carbocycles. The highest BCUT2D eigenvalue weighted by atomic mass is 16.5. The first-order valence-corrected chi connectivity index (χ1v) is 8.82. The SMILES string of the molecule is COCc1ccc(C(=O)N2CCOC(CO)(Cc3ccccc3)C2)cc1. The molecule has 0 radical (unpaired) electrons. The Morgan fingerprint density at radius 1 is 1.15 bits per heavy atom. The van der Waals surface area contributed by atoms with E-state index in [9.17, 15) is 9.90 Å². The van der Waals surface area contributed by atoms with Gasteiger partial charge in [0, 0.05) is 25.6 Å². The number of nitrogens with zero attached hydrogens (tertiary/aromatic N) is 1. The number of methoxy groups -OCH3 is 1. The van der Waals surface area contributed by atoms with Gasteiger partial charge < -0.3 is 19.5 Å². The predicted octanol–water partition coefficient (Wildman–Crippen LogP) is 2.28. The molecule has 1 amide bonds. The Morgan fingerprint density at radius 3 is 2.54 bits per heavy atom. The molecule has 2 aromatic rings. The summed E-state index contributed by atoms with van der Waals surface area (Å²) in [5.41, 5.74) is 1.99. The maximum absolute atomic E-state index is 12.9. The molecule has 2 aromatic carbocycles. The Kier molecular flexibility index (Phi) is 6.04. The van der Waals surface area contributed by atoms with Crippen LogP contribution in [0.1, 0.15) is 21.5 Å². The summed E-state index contributed by atoms with van der Waals surface area (Å²) in [5, 5.41) is 9.99. The highest BCUT2D eigenvalue weighted by molar-refractivity contribution is 5.94. The number of amides is 1. The van der Waals surface area contributed by atoms with Gasteiger partial charge in [0.25, 0.3) is 5.91 Å². The van der Waals surface area contributed by atoms with Crippen LogP contribution >= 0.6 is 0 Å². The number of rotatable bonds is 6. The Labute approximate surface area is 154 Å². The van der Waals surface area contributed by atoms with Crippen molar-refractivity contribution in [1.29, 1.82) is 0 Å². The predicted molar refractivity (Wildman–Crippen MR) is 99.0 cm³/mol. The molecule has 1 fully saturated rings. The van der Waals surface area contributed by atoms with Gasteiger partial charge in [0.15, 0.2) is 0 Å². The van der Waals surface area contributed by atoms with Crippen molar-refractivity contribution >= 4 is 5.91 Å². The lowest BCUT2D eigenvalue weighted by atomic mass is 9.93. The molecule has 26 heavy (non-hydrogen) atoms. The molecule has 5 nitrogen and oxygen atoms in total. The number of aliphatic hydroxyl groups is 1. The van der Waals surface area contributed by atoms with Crippen molar-refractivity contribution in [2.24, 2.45) is 0 Å². The minimum absolute atomic E-state index is 0.0387. The van der Waals surface area contributed by atoms with Crippen molar-refractivity contribution in [3.63, 3.8) is 0 Å². The van der Waals surface area contributed by atoms with Crippen molar-refractivity contribution in [2.75, 3.05) is 33.4 Å². The lowest BCUT2D eigenvalue weighted by Crippen LogP contribution is -2.56. The second-order valence-corrected chi connectivity index (χ2v) is 6.71. The minimum Gasteiger partial charge on any atom is -0.393 e. The molecule has 5 heteroatoms. The Balaban J connectivity index is 1.72. The molecule has 1 aliphatic heterocycles. The average Bonchev–Trinajstić information content (AvgIpc) is 2.69. The normalized spacial score (nSPS) is 20.2. The van der Waals surface area contributed by atoms with Gasteiger partial charge in [-0.05, 0) is 23.3 Å². The van der Waals surface area contributed by atoms with Gasteiger partial charge in [-0.1, -0.05) is 42.5 Å². The number of hydrogen-bond donors (Lipinski definition) is 1. The van der Waals surface area contributed by atoms with E-state index in [1.165, 1.54) is 0 Å². The number of morpholine rings is 1. The summed E-state index contributed by atoms with van der Waals surface area (Å²) in [6.07, 6.45) is 0.570. The minimum atomic E-state index is -0.759. The monoisotopic (exact) mass is 355 g/mol. The van der Waals surface area contributed by atoms with E-state index in [0.29, 0.717) is 38.3 Å². The quantitative estimate of drug-likeness (QED) is 0.864. The van der Waals surface area contributed by atoms with Gasteiger partial charge in [0.1, 0.15) is 5.60 Å². The Hall–Kier alpha value is -2.21. The fourth-order valence-electron chi connectivity index (χ4n) is 3.34. The molecule has 0 bridgehead atoms. The number of benzene rings is 2. The van der Waals surface area contributed by atoms with Crippen LogP contribution in [0.2, 0.25) is 0 Å². The van der Waals surface area contributed by atoms with Gasteiger partial charge in [-0.2, -0.15) is 0 Å². The van der Waals surface area contributed by atoms with Gasteiger partial charge in [-0.3, -0.25) is 4.79 Å². The maximum Gasteiger partial charge on any atom is 0.254 e.